The zero-order valence-corrected chi connectivity index (χ0v) is 7.76. The molecule has 1 aromatic heterocycles. The number of hydrogen-bond donors (Lipinski definition) is 0. The highest BCUT2D eigenvalue weighted by Crippen LogP contribution is 2.22. The highest BCUT2D eigenvalue weighted by Gasteiger charge is 2.12. The third kappa shape index (κ3) is 1.28. The lowest BCUT2D eigenvalue weighted by atomic mass is 10.5. The Bertz CT molecular complexity index is 320. The molecule has 0 aromatic carbocycles. The zero-order valence-electron chi connectivity index (χ0n) is 5.42. The van der Waals surface area contributed by atoms with E-state index in [0.717, 1.165) is 4.60 Å². The summed E-state index contributed by atoms with van der Waals surface area (Å²) in [6, 6.07) is 0.571. The Morgan fingerprint density at radius 3 is 3.36 bits per heavy atom. The van der Waals surface area contributed by atoms with Crippen LogP contribution in [0.25, 0.3) is 0 Å². The quantitative estimate of drug-likeness (QED) is 0.689. The fraction of sp³-hybridized carbons (Fsp3) is 0.167. The monoisotopic (exact) mass is 234 g/mol. The summed E-state index contributed by atoms with van der Waals surface area (Å²) in [7, 11) is 0. The summed E-state index contributed by atoms with van der Waals surface area (Å²) in [5, 5.41) is 0.669. The van der Waals surface area contributed by atoms with Crippen LogP contribution in [0.4, 0.5) is 0 Å². The van der Waals surface area contributed by atoms with E-state index in [0.29, 0.717) is 17.6 Å². The molecule has 0 N–H and O–H groups in total. The van der Waals surface area contributed by atoms with Crippen LogP contribution in [0.3, 0.4) is 0 Å². The van der Waals surface area contributed by atoms with Crippen LogP contribution in [0.2, 0.25) is 0 Å². The predicted octanol–water partition coefficient (Wildman–Crippen LogP) is 2.12. The number of ether oxygens (including phenoxy) is 1. The van der Waals surface area contributed by atoms with E-state index in [1.807, 2.05) is 10.8 Å². The Balaban J connectivity index is 2.40. The van der Waals surface area contributed by atoms with Gasteiger partial charge in [-0.25, -0.2) is 0 Å². The topological polar surface area (TPSA) is 27.1 Å². The van der Waals surface area contributed by atoms with Crippen LogP contribution in [0.15, 0.2) is 22.1 Å². The Kier molecular flexibility index (Phi) is 1.65. The van der Waals surface area contributed by atoms with E-state index in [4.69, 9.17) is 16.3 Å². The molecule has 0 fully saturated rings. The third-order valence-electron chi connectivity index (χ3n) is 1.32. The van der Waals surface area contributed by atoms with E-state index in [1.165, 1.54) is 6.26 Å². The lowest BCUT2D eigenvalue weighted by Gasteiger charge is -2.10. The minimum absolute atomic E-state index is 0.571. The van der Waals surface area contributed by atoms with Gasteiger partial charge in [-0.2, -0.15) is 4.98 Å². The molecule has 0 spiro atoms. The van der Waals surface area contributed by atoms with Gasteiger partial charge in [0.1, 0.15) is 10.9 Å². The van der Waals surface area contributed by atoms with Crippen molar-refractivity contribution in [1.82, 2.24) is 9.55 Å². The van der Waals surface area contributed by atoms with E-state index in [9.17, 15) is 0 Å². The van der Waals surface area contributed by atoms with Crippen molar-refractivity contribution >= 4 is 27.5 Å². The zero-order chi connectivity index (χ0) is 7.84. The van der Waals surface area contributed by atoms with Gasteiger partial charge >= 0.3 is 6.01 Å². The first kappa shape index (κ1) is 7.18. The van der Waals surface area contributed by atoms with Gasteiger partial charge in [0, 0.05) is 6.20 Å². The molecule has 1 aliphatic heterocycles. The van der Waals surface area contributed by atoms with Crippen molar-refractivity contribution in [3.63, 3.8) is 0 Å². The maximum Gasteiger partial charge on any atom is 0.302 e. The first-order chi connectivity index (χ1) is 5.25. The fourth-order valence-electron chi connectivity index (χ4n) is 0.892. The van der Waals surface area contributed by atoms with E-state index >= 15 is 0 Å². The lowest BCUT2D eigenvalue weighted by Crippen LogP contribution is -2.05. The fourth-order valence-corrected chi connectivity index (χ4v) is 1.46. The van der Waals surface area contributed by atoms with Crippen LogP contribution in [0, 0.1) is 0 Å². The van der Waals surface area contributed by atoms with Gasteiger partial charge in [-0.05, 0) is 15.9 Å². The summed E-state index contributed by atoms with van der Waals surface area (Å²) in [4.78, 5) is 4.04. The molecule has 0 aliphatic carbocycles. The van der Waals surface area contributed by atoms with Gasteiger partial charge in [0.05, 0.1) is 11.6 Å². The highest BCUT2D eigenvalue weighted by molar-refractivity contribution is 9.10. The Labute approximate surface area is 76.8 Å². The van der Waals surface area contributed by atoms with E-state index in [-0.39, 0.29) is 0 Å². The van der Waals surface area contributed by atoms with Crippen molar-refractivity contribution in [3.05, 3.63) is 22.1 Å². The van der Waals surface area contributed by atoms with E-state index in [1.54, 1.807) is 0 Å². The summed E-state index contributed by atoms with van der Waals surface area (Å²) >= 11 is 8.96. The summed E-state index contributed by atoms with van der Waals surface area (Å²) in [5.41, 5.74) is 0. The molecule has 2 rings (SSSR count). The number of halogens is 2. The number of hydrogen-bond acceptors (Lipinski definition) is 2. The van der Waals surface area contributed by atoms with Crippen molar-refractivity contribution < 1.29 is 4.74 Å². The summed E-state index contributed by atoms with van der Waals surface area (Å²) in [6.45, 7) is 0.634. The molecule has 0 unspecified atom stereocenters. The third-order valence-corrected chi connectivity index (χ3v) is 1.91. The smallest absolute Gasteiger partial charge is 0.302 e. The van der Waals surface area contributed by atoms with Gasteiger partial charge in [-0.15, -0.1) is 0 Å². The number of nitrogens with zero attached hydrogens (tertiary/aromatic N) is 2. The van der Waals surface area contributed by atoms with Gasteiger partial charge in [0.25, 0.3) is 0 Å². The average molecular weight is 235 g/mol. The van der Waals surface area contributed by atoms with Crippen LogP contribution in [0.5, 0.6) is 6.01 Å². The second kappa shape index (κ2) is 2.53. The molecule has 0 amide bonds. The molecule has 3 nitrogen and oxygen atoms in total. The van der Waals surface area contributed by atoms with E-state index < -0.39 is 0 Å². The minimum Gasteiger partial charge on any atom is -0.432 e. The highest BCUT2D eigenvalue weighted by atomic mass is 79.9. The normalized spacial score (nSPS) is 15.3. The summed E-state index contributed by atoms with van der Waals surface area (Å²) in [5.74, 6) is 0. The molecule has 5 heteroatoms. The molecule has 1 aromatic rings. The average Bonchev–Trinajstić information content (AvgIpc) is 2.27. The first-order valence-electron chi connectivity index (χ1n) is 2.99. The van der Waals surface area contributed by atoms with Crippen LogP contribution in [0.1, 0.15) is 0 Å². The summed E-state index contributed by atoms with van der Waals surface area (Å²) in [6.07, 6.45) is 3.32. The van der Waals surface area contributed by atoms with Gasteiger partial charge in [-0.1, -0.05) is 11.6 Å². The predicted molar refractivity (Wildman–Crippen MR) is 44.5 cm³/mol. The van der Waals surface area contributed by atoms with Crippen molar-refractivity contribution in [1.29, 1.82) is 0 Å². The number of rotatable bonds is 0. The molecule has 2 heterocycles. The van der Waals surface area contributed by atoms with E-state index in [2.05, 4.69) is 20.9 Å². The molecular formula is C6H4BrClN2O. The Morgan fingerprint density at radius 2 is 2.55 bits per heavy atom. The lowest BCUT2D eigenvalue weighted by molar-refractivity contribution is 0.393. The molecule has 1 aliphatic rings. The van der Waals surface area contributed by atoms with Crippen molar-refractivity contribution in [2.45, 2.75) is 6.54 Å². The molecule has 0 bridgehead atoms. The molecular weight excluding hydrogens is 231 g/mol. The number of fused-ring (bicyclic) bond motifs is 1. The molecule has 0 atom stereocenters. The Hall–Kier alpha value is -0.480. The van der Waals surface area contributed by atoms with Gasteiger partial charge < -0.3 is 4.74 Å². The number of allylic oxidation sites excluding steroid dienone is 1. The maximum absolute atomic E-state index is 5.73. The molecule has 0 radical (unpaired) electrons. The van der Waals surface area contributed by atoms with Gasteiger partial charge in [-0.3, -0.25) is 4.57 Å². The summed E-state index contributed by atoms with van der Waals surface area (Å²) < 4.78 is 7.67. The standard InChI is InChI=1S/C6H4BrClN2O/c7-5-2-10-1-4(8)3-11-6(10)9-5/h2-3H,1H2. The van der Waals surface area contributed by atoms with Crippen LogP contribution in [-0.2, 0) is 6.54 Å². The molecule has 0 saturated carbocycles. The molecule has 58 valence electrons. The molecule has 11 heavy (non-hydrogen) atoms. The largest absolute Gasteiger partial charge is 0.432 e. The Morgan fingerprint density at radius 1 is 1.73 bits per heavy atom. The number of aromatic nitrogens is 2. The van der Waals surface area contributed by atoms with Crippen LogP contribution < -0.4 is 4.74 Å². The van der Waals surface area contributed by atoms with Crippen molar-refractivity contribution in [3.8, 4) is 6.01 Å². The van der Waals surface area contributed by atoms with Gasteiger partial charge in [0.15, 0.2) is 0 Å². The van der Waals surface area contributed by atoms with Crippen molar-refractivity contribution in [2.75, 3.05) is 0 Å². The second-order valence-corrected chi connectivity index (χ2v) is 3.45. The van der Waals surface area contributed by atoms with Crippen LogP contribution in [-0.4, -0.2) is 9.55 Å². The number of imidazole rings is 1. The minimum atomic E-state index is 0.571. The first-order valence-corrected chi connectivity index (χ1v) is 4.16. The maximum atomic E-state index is 5.73. The SMILES string of the molecule is ClC1=COc2nc(Br)cn2C1. The van der Waals surface area contributed by atoms with Gasteiger partial charge in [0.2, 0.25) is 0 Å². The van der Waals surface area contributed by atoms with Crippen molar-refractivity contribution in [2.24, 2.45) is 0 Å². The molecule has 0 saturated heterocycles. The van der Waals surface area contributed by atoms with Crippen LogP contribution >= 0.6 is 27.5 Å². The second-order valence-electron chi connectivity index (χ2n) is 2.16.